The SMILES string of the molecule is Cc1occc1C(=O)n1ccccc1=NC(C)C. The van der Waals surface area contributed by atoms with Crippen LogP contribution in [0.3, 0.4) is 0 Å². The van der Waals surface area contributed by atoms with Gasteiger partial charge in [-0.3, -0.25) is 14.4 Å². The van der Waals surface area contributed by atoms with Crippen LogP contribution >= 0.6 is 0 Å². The number of hydrogen-bond donors (Lipinski definition) is 0. The first-order valence-corrected chi connectivity index (χ1v) is 5.90. The molecule has 2 heterocycles. The molecule has 0 aliphatic heterocycles. The minimum Gasteiger partial charge on any atom is -0.469 e. The maximum Gasteiger partial charge on any atom is 0.267 e. The van der Waals surface area contributed by atoms with Gasteiger partial charge in [-0.2, -0.15) is 0 Å². The molecular formula is C14H16N2O2. The van der Waals surface area contributed by atoms with Crippen LogP contribution in [0.15, 0.2) is 46.1 Å². The van der Waals surface area contributed by atoms with Crippen molar-refractivity contribution in [1.82, 2.24) is 4.57 Å². The molecular weight excluding hydrogens is 228 g/mol. The highest BCUT2D eigenvalue weighted by atomic mass is 16.3. The Balaban J connectivity index is 2.53. The number of pyridine rings is 1. The molecule has 0 saturated heterocycles. The van der Waals surface area contributed by atoms with Gasteiger partial charge in [0.1, 0.15) is 11.2 Å². The molecule has 0 N–H and O–H groups in total. The van der Waals surface area contributed by atoms with E-state index in [1.807, 2.05) is 32.0 Å². The lowest BCUT2D eigenvalue weighted by Gasteiger charge is -2.06. The first-order valence-electron chi connectivity index (χ1n) is 5.90. The van der Waals surface area contributed by atoms with Gasteiger partial charge in [-0.1, -0.05) is 6.07 Å². The minimum absolute atomic E-state index is 0.124. The second kappa shape index (κ2) is 5.04. The first-order chi connectivity index (χ1) is 8.59. The van der Waals surface area contributed by atoms with E-state index < -0.39 is 0 Å². The molecule has 0 radical (unpaired) electrons. The summed E-state index contributed by atoms with van der Waals surface area (Å²) in [5, 5.41) is 0. The van der Waals surface area contributed by atoms with Gasteiger partial charge in [0, 0.05) is 12.2 Å². The maximum absolute atomic E-state index is 12.4. The zero-order valence-electron chi connectivity index (χ0n) is 10.8. The summed E-state index contributed by atoms with van der Waals surface area (Å²) in [7, 11) is 0. The summed E-state index contributed by atoms with van der Waals surface area (Å²) in [6, 6.07) is 7.32. The van der Waals surface area contributed by atoms with Crippen molar-refractivity contribution in [1.29, 1.82) is 0 Å². The van der Waals surface area contributed by atoms with E-state index >= 15 is 0 Å². The van der Waals surface area contributed by atoms with E-state index in [1.165, 1.54) is 10.8 Å². The van der Waals surface area contributed by atoms with Gasteiger partial charge < -0.3 is 4.42 Å². The fourth-order valence-corrected chi connectivity index (χ4v) is 1.71. The van der Waals surface area contributed by atoms with E-state index in [-0.39, 0.29) is 11.9 Å². The van der Waals surface area contributed by atoms with Crippen molar-refractivity contribution in [2.75, 3.05) is 0 Å². The lowest BCUT2D eigenvalue weighted by Crippen LogP contribution is -2.28. The van der Waals surface area contributed by atoms with E-state index in [0.717, 1.165) is 0 Å². The summed E-state index contributed by atoms with van der Waals surface area (Å²) in [5.74, 6) is 0.494. The number of furan rings is 1. The number of hydrogen-bond acceptors (Lipinski definition) is 3. The normalized spacial score (nSPS) is 12.1. The van der Waals surface area contributed by atoms with Crippen molar-refractivity contribution < 1.29 is 9.21 Å². The molecule has 0 atom stereocenters. The molecule has 94 valence electrons. The van der Waals surface area contributed by atoms with Crippen molar-refractivity contribution in [2.24, 2.45) is 4.99 Å². The van der Waals surface area contributed by atoms with Crippen molar-refractivity contribution in [3.05, 3.63) is 53.5 Å². The molecule has 0 aliphatic rings. The predicted octanol–water partition coefficient (Wildman–Crippen LogP) is 2.39. The third-order valence-corrected chi connectivity index (χ3v) is 2.54. The quantitative estimate of drug-likeness (QED) is 0.814. The second-order valence-corrected chi connectivity index (χ2v) is 4.35. The van der Waals surface area contributed by atoms with Gasteiger partial charge in [-0.05, 0) is 39.0 Å². The van der Waals surface area contributed by atoms with Crippen LogP contribution in [-0.2, 0) is 0 Å². The van der Waals surface area contributed by atoms with Gasteiger partial charge in [0.15, 0.2) is 0 Å². The molecule has 0 amide bonds. The molecule has 4 heteroatoms. The van der Waals surface area contributed by atoms with Crippen LogP contribution in [0.2, 0.25) is 0 Å². The molecule has 0 saturated carbocycles. The first kappa shape index (κ1) is 12.4. The molecule has 0 fully saturated rings. The van der Waals surface area contributed by atoms with Gasteiger partial charge in [0.05, 0.1) is 11.8 Å². The third kappa shape index (κ3) is 2.42. The van der Waals surface area contributed by atoms with Crippen molar-refractivity contribution in [3.8, 4) is 0 Å². The maximum atomic E-state index is 12.4. The van der Waals surface area contributed by atoms with Gasteiger partial charge in [0.2, 0.25) is 0 Å². The fraction of sp³-hybridized carbons (Fsp3) is 0.286. The molecule has 18 heavy (non-hydrogen) atoms. The van der Waals surface area contributed by atoms with Crippen LogP contribution in [0.25, 0.3) is 0 Å². The lowest BCUT2D eigenvalue weighted by molar-refractivity contribution is 0.0953. The Kier molecular flexibility index (Phi) is 3.46. The van der Waals surface area contributed by atoms with E-state index in [2.05, 4.69) is 4.99 Å². The van der Waals surface area contributed by atoms with Gasteiger partial charge in [0.25, 0.3) is 5.91 Å². The molecule has 0 aliphatic carbocycles. The Bertz CT molecular complexity index is 620. The molecule has 0 aromatic carbocycles. The molecule has 0 spiro atoms. The largest absolute Gasteiger partial charge is 0.469 e. The standard InChI is InChI=1S/C14H16N2O2/c1-10(2)15-13-6-4-5-8-16(13)14(17)12-7-9-18-11(12)3/h4-10H,1-3H3. The molecule has 0 bridgehead atoms. The zero-order chi connectivity index (χ0) is 13.1. The Hall–Kier alpha value is -2.10. The van der Waals surface area contributed by atoms with Crippen LogP contribution in [-0.4, -0.2) is 16.5 Å². The number of carbonyl (C=O) groups excluding carboxylic acids is 1. The highest BCUT2D eigenvalue weighted by Crippen LogP contribution is 2.09. The summed E-state index contributed by atoms with van der Waals surface area (Å²) < 4.78 is 6.70. The smallest absolute Gasteiger partial charge is 0.267 e. The number of nitrogens with zero attached hydrogens (tertiary/aromatic N) is 2. The van der Waals surface area contributed by atoms with E-state index in [9.17, 15) is 4.79 Å². The second-order valence-electron chi connectivity index (χ2n) is 4.35. The average Bonchev–Trinajstić information content (AvgIpc) is 2.74. The van der Waals surface area contributed by atoms with Gasteiger partial charge >= 0.3 is 0 Å². The van der Waals surface area contributed by atoms with Crippen LogP contribution in [0.1, 0.15) is 30.0 Å². The van der Waals surface area contributed by atoms with Crippen LogP contribution in [0.5, 0.6) is 0 Å². The van der Waals surface area contributed by atoms with Gasteiger partial charge in [-0.15, -0.1) is 0 Å². The summed E-state index contributed by atoms with van der Waals surface area (Å²) in [4.78, 5) is 16.8. The minimum atomic E-state index is -0.124. The lowest BCUT2D eigenvalue weighted by atomic mass is 10.2. The number of carbonyl (C=O) groups is 1. The fourth-order valence-electron chi connectivity index (χ4n) is 1.71. The summed E-state index contributed by atoms with van der Waals surface area (Å²) in [6.07, 6.45) is 3.24. The third-order valence-electron chi connectivity index (χ3n) is 2.54. The zero-order valence-corrected chi connectivity index (χ0v) is 10.8. The Labute approximate surface area is 106 Å². The van der Waals surface area contributed by atoms with Crippen molar-refractivity contribution in [3.63, 3.8) is 0 Å². The number of aryl methyl sites for hydroxylation is 1. The Morgan fingerprint density at radius 3 is 2.72 bits per heavy atom. The topological polar surface area (TPSA) is 47.5 Å². The van der Waals surface area contributed by atoms with Crippen molar-refractivity contribution in [2.45, 2.75) is 26.8 Å². The van der Waals surface area contributed by atoms with Gasteiger partial charge in [-0.25, -0.2) is 0 Å². The summed E-state index contributed by atoms with van der Waals surface area (Å²) in [5.41, 5.74) is 1.21. The molecule has 4 nitrogen and oxygen atoms in total. The van der Waals surface area contributed by atoms with Crippen molar-refractivity contribution >= 4 is 5.91 Å². The Morgan fingerprint density at radius 2 is 2.11 bits per heavy atom. The monoisotopic (exact) mass is 244 g/mol. The van der Waals surface area contributed by atoms with Crippen LogP contribution < -0.4 is 5.49 Å². The van der Waals surface area contributed by atoms with E-state index in [4.69, 9.17) is 4.42 Å². The molecule has 0 unspecified atom stereocenters. The molecule has 2 rings (SSSR count). The van der Waals surface area contributed by atoms with Crippen LogP contribution in [0, 0.1) is 6.92 Å². The molecule has 2 aromatic rings. The summed E-state index contributed by atoms with van der Waals surface area (Å²) in [6.45, 7) is 5.73. The Morgan fingerprint density at radius 1 is 1.33 bits per heavy atom. The summed E-state index contributed by atoms with van der Waals surface area (Å²) >= 11 is 0. The molecule has 2 aromatic heterocycles. The van der Waals surface area contributed by atoms with E-state index in [0.29, 0.717) is 16.8 Å². The highest BCUT2D eigenvalue weighted by Gasteiger charge is 2.13. The van der Waals surface area contributed by atoms with E-state index in [1.54, 1.807) is 19.2 Å². The predicted molar refractivity (Wildman–Crippen MR) is 68.3 cm³/mol. The number of rotatable bonds is 2. The highest BCUT2D eigenvalue weighted by molar-refractivity contribution is 5.96. The van der Waals surface area contributed by atoms with Crippen LogP contribution in [0.4, 0.5) is 0 Å². The number of aromatic nitrogens is 1. The average molecular weight is 244 g/mol.